The minimum Gasteiger partial charge on any atom is -0.336 e. The number of para-hydroxylation sites is 1. The molecule has 2 heterocycles. The highest BCUT2D eigenvalue weighted by atomic mass is 32.2. The van der Waals surface area contributed by atoms with Crippen molar-refractivity contribution in [1.29, 1.82) is 0 Å². The quantitative estimate of drug-likeness (QED) is 0.778. The van der Waals surface area contributed by atoms with Gasteiger partial charge in [0, 0.05) is 19.6 Å². The third-order valence-corrected chi connectivity index (χ3v) is 5.26. The molecule has 142 valence electrons. The van der Waals surface area contributed by atoms with E-state index in [1.165, 1.54) is 10.6 Å². The van der Waals surface area contributed by atoms with Crippen LogP contribution in [-0.4, -0.2) is 56.5 Å². The molecule has 2 aliphatic heterocycles. The molecule has 4 rings (SSSR count). The molecule has 0 aliphatic carbocycles. The fourth-order valence-electron chi connectivity index (χ4n) is 3.69. The molecule has 0 N–H and O–H groups in total. The van der Waals surface area contributed by atoms with Crippen LogP contribution in [0.25, 0.3) is 0 Å². The molecule has 0 aromatic heterocycles. The summed E-state index contributed by atoms with van der Waals surface area (Å²) >= 11 is 0. The van der Waals surface area contributed by atoms with Gasteiger partial charge >= 0.3 is 0 Å². The van der Waals surface area contributed by atoms with E-state index in [2.05, 4.69) is 12.1 Å². The van der Waals surface area contributed by atoms with E-state index in [9.17, 15) is 13.2 Å². The average molecular weight is 387 g/mol. The highest BCUT2D eigenvalue weighted by Crippen LogP contribution is 2.35. The third-order valence-electron chi connectivity index (χ3n) is 4.80. The van der Waals surface area contributed by atoms with E-state index in [4.69, 9.17) is 4.28 Å². The summed E-state index contributed by atoms with van der Waals surface area (Å²) in [6, 6.07) is 17.5. The number of fused-ring (bicyclic) bond motifs is 2. The number of carbonyl (C=O) groups is 1. The van der Waals surface area contributed by atoms with Crippen molar-refractivity contribution < 1.29 is 17.5 Å². The minimum atomic E-state index is -3.68. The average Bonchev–Trinajstić information content (AvgIpc) is 3.05. The molecule has 2 aromatic rings. The van der Waals surface area contributed by atoms with Gasteiger partial charge in [0.25, 0.3) is 16.0 Å². The van der Waals surface area contributed by atoms with Crippen molar-refractivity contribution in [3.63, 3.8) is 0 Å². The highest BCUT2D eigenvalue weighted by Gasteiger charge is 2.46. The summed E-state index contributed by atoms with van der Waals surface area (Å²) in [6.07, 6.45) is 1.20. The van der Waals surface area contributed by atoms with Crippen LogP contribution in [0.1, 0.15) is 15.9 Å². The molecular formula is C19H21N3O4S. The molecule has 2 aliphatic rings. The summed E-state index contributed by atoms with van der Waals surface area (Å²) in [4.78, 5) is 16.6. The second-order valence-corrected chi connectivity index (χ2v) is 8.27. The first-order valence-corrected chi connectivity index (χ1v) is 10.6. The lowest BCUT2D eigenvalue weighted by atomic mass is 10.1. The molecule has 1 unspecified atom stereocenters. The predicted octanol–water partition coefficient (Wildman–Crippen LogP) is 1.68. The topological polar surface area (TPSA) is 70.2 Å². The Labute approximate surface area is 158 Å². The SMILES string of the molecule is CS(=O)(=O)ON1CCN2C(=O)c3ccccc3N(CCc3ccccc3)C12. The zero-order valence-corrected chi connectivity index (χ0v) is 15.8. The van der Waals surface area contributed by atoms with E-state index in [0.717, 1.165) is 18.4 Å². The number of amides is 1. The van der Waals surface area contributed by atoms with Crippen LogP contribution >= 0.6 is 0 Å². The molecule has 2 aromatic carbocycles. The lowest BCUT2D eigenvalue weighted by Gasteiger charge is -2.43. The summed E-state index contributed by atoms with van der Waals surface area (Å²) in [7, 11) is -3.68. The normalized spacial score (nSPS) is 19.9. The molecule has 27 heavy (non-hydrogen) atoms. The van der Waals surface area contributed by atoms with E-state index in [0.29, 0.717) is 25.2 Å². The molecule has 7 nitrogen and oxygen atoms in total. The first-order chi connectivity index (χ1) is 12.9. The van der Waals surface area contributed by atoms with Gasteiger partial charge < -0.3 is 9.80 Å². The Balaban J connectivity index is 1.69. The Morgan fingerprint density at radius 3 is 2.48 bits per heavy atom. The van der Waals surface area contributed by atoms with Crippen molar-refractivity contribution in [3.8, 4) is 0 Å². The number of nitrogens with zero attached hydrogens (tertiary/aromatic N) is 3. The van der Waals surface area contributed by atoms with Gasteiger partial charge in [0.2, 0.25) is 0 Å². The minimum absolute atomic E-state index is 0.105. The second kappa shape index (κ2) is 6.95. The van der Waals surface area contributed by atoms with E-state index in [1.54, 1.807) is 4.90 Å². The summed E-state index contributed by atoms with van der Waals surface area (Å²) in [5.74, 6) is -0.105. The predicted molar refractivity (Wildman–Crippen MR) is 101 cm³/mol. The summed E-state index contributed by atoms with van der Waals surface area (Å²) in [6.45, 7) is 1.37. The number of carbonyl (C=O) groups excluding carboxylic acids is 1. The molecule has 0 saturated carbocycles. The van der Waals surface area contributed by atoms with Gasteiger partial charge in [-0.25, -0.2) is 0 Å². The van der Waals surface area contributed by atoms with Gasteiger partial charge in [0.05, 0.1) is 17.5 Å². The first-order valence-electron chi connectivity index (χ1n) is 8.81. The van der Waals surface area contributed by atoms with E-state index in [-0.39, 0.29) is 5.91 Å². The molecule has 8 heteroatoms. The highest BCUT2D eigenvalue weighted by molar-refractivity contribution is 7.85. The van der Waals surface area contributed by atoms with Gasteiger partial charge in [0.1, 0.15) is 0 Å². The van der Waals surface area contributed by atoms with Crippen molar-refractivity contribution in [2.45, 2.75) is 12.7 Å². The van der Waals surface area contributed by atoms with E-state index in [1.807, 2.05) is 47.4 Å². The maximum absolute atomic E-state index is 12.9. The van der Waals surface area contributed by atoms with Crippen LogP contribution in [0.3, 0.4) is 0 Å². The van der Waals surface area contributed by atoms with Crippen LogP contribution in [-0.2, 0) is 20.8 Å². The molecule has 1 saturated heterocycles. The molecule has 1 atom stereocenters. The number of anilines is 1. The van der Waals surface area contributed by atoms with Gasteiger partial charge in [-0.05, 0) is 24.1 Å². The molecule has 0 bridgehead atoms. The van der Waals surface area contributed by atoms with Crippen molar-refractivity contribution in [2.75, 3.05) is 30.8 Å². The summed E-state index contributed by atoms with van der Waals surface area (Å²) < 4.78 is 28.6. The van der Waals surface area contributed by atoms with Crippen molar-refractivity contribution in [3.05, 3.63) is 65.7 Å². The van der Waals surface area contributed by atoms with Gasteiger partial charge in [0.15, 0.2) is 6.29 Å². The Hall–Kier alpha value is -2.42. The fraction of sp³-hybridized carbons (Fsp3) is 0.316. The number of hydrogen-bond donors (Lipinski definition) is 0. The molecule has 0 radical (unpaired) electrons. The van der Waals surface area contributed by atoms with E-state index >= 15 is 0 Å². The maximum atomic E-state index is 12.9. The molecule has 1 fully saturated rings. The zero-order chi connectivity index (χ0) is 19.0. The standard InChI is InChI=1S/C19H21N3O4S/c1-27(24,25)26-22-14-13-21-18(23)16-9-5-6-10-17(16)20(19(21)22)12-11-15-7-3-2-4-8-15/h2-10,19H,11-14H2,1H3. The van der Waals surface area contributed by atoms with Crippen LogP contribution < -0.4 is 4.90 Å². The van der Waals surface area contributed by atoms with Crippen LogP contribution in [0.2, 0.25) is 0 Å². The number of hydrogen-bond acceptors (Lipinski definition) is 6. The summed E-state index contributed by atoms with van der Waals surface area (Å²) in [5.41, 5.74) is 2.60. The van der Waals surface area contributed by atoms with Gasteiger partial charge in [-0.2, -0.15) is 12.7 Å². The monoisotopic (exact) mass is 387 g/mol. The molecule has 0 spiro atoms. The van der Waals surface area contributed by atoms with Crippen LogP contribution in [0.15, 0.2) is 54.6 Å². The van der Waals surface area contributed by atoms with Gasteiger partial charge in [-0.15, -0.1) is 5.06 Å². The largest absolute Gasteiger partial charge is 0.336 e. The third kappa shape index (κ3) is 3.55. The number of benzene rings is 2. The Morgan fingerprint density at radius 1 is 1.04 bits per heavy atom. The maximum Gasteiger partial charge on any atom is 0.280 e. The Morgan fingerprint density at radius 2 is 1.74 bits per heavy atom. The van der Waals surface area contributed by atoms with Crippen molar-refractivity contribution >= 4 is 21.7 Å². The number of rotatable bonds is 5. The first kappa shape index (κ1) is 18.0. The van der Waals surface area contributed by atoms with Gasteiger partial charge in [-0.3, -0.25) is 4.79 Å². The van der Waals surface area contributed by atoms with Crippen LogP contribution in [0, 0.1) is 0 Å². The van der Waals surface area contributed by atoms with Gasteiger partial charge in [-0.1, -0.05) is 42.5 Å². The zero-order valence-electron chi connectivity index (χ0n) is 15.0. The van der Waals surface area contributed by atoms with Crippen molar-refractivity contribution in [1.82, 2.24) is 9.96 Å². The smallest absolute Gasteiger partial charge is 0.280 e. The molecular weight excluding hydrogens is 366 g/mol. The summed E-state index contributed by atoms with van der Waals surface area (Å²) in [5, 5.41) is 1.38. The molecule has 1 amide bonds. The lowest BCUT2D eigenvalue weighted by molar-refractivity contribution is -0.0857. The van der Waals surface area contributed by atoms with Crippen LogP contribution in [0.4, 0.5) is 5.69 Å². The van der Waals surface area contributed by atoms with E-state index < -0.39 is 16.4 Å². The second-order valence-electron chi connectivity index (χ2n) is 6.71. The number of hydroxylamine groups is 2. The Kier molecular flexibility index (Phi) is 4.63. The fourth-order valence-corrected chi connectivity index (χ4v) is 4.19. The lowest BCUT2D eigenvalue weighted by Crippen LogP contribution is -2.58. The Bertz CT molecular complexity index is 948. The van der Waals surface area contributed by atoms with Crippen molar-refractivity contribution in [2.24, 2.45) is 0 Å². The van der Waals surface area contributed by atoms with Crippen LogP contribution in [0.5, 0.6) is 0 Å².